The van der Waals surface area contributed by atoms with Crippen molar-refractivity contribution in [2.24, 2.45) is 5.92 Å². The molecule has 0 radical (unpaired) electrons. The lowest BCUT2D eigenvalue weighted by Crippen LogP contribution is -2.38. The molecule has 2 rings (SSSR count). The fourth-order valence-electron chi connectivity index (χ4n) is 2.38. The Morgan fingerprint density at radius 1 is 1.17 bits per heavy atom. The van der Waals surface area contributed by atoms with E-state index in [2.05, 4.69) is 19.2 Å². The molecular weight excluding hydrogens is 252 g/mol. The van der Waals surface area contributed by atoms with Crippen molar-refractivity contribution in [3.8, 4) is 0 Å². The van der Waals surface area contributed by atoms with Crippen LogP contribution in [0.2, 0.25) is 0 Å². The first-order valence-electron chi connectivity index (χ1n) is 6.32. The average molecular weight is 271 g/mol. The molecule has 0 saturated carbocycles. The van der Waals surface area contributed by atoms with E-state index in [0.717, 1.165) is 0 Å². The van der Waals surface area contributed by atoms with E-state index < -0.39 is 0 Å². The first kappa shape index (κ1) is 13.8. The third kappa shape index (κ3) is 2.41. The van der Waals surface area contributed by atoms with Gasteiger partial charge in [0.15, 0.2) is 0 Å². The van der Waals surface area contributed by atoms with E-state index in [4.69, 9.17) is 0 Å². The quantitative estimate of drug-likeness (QED) is 0.868. The molecule has 100 valence electrons. The van der Waals surface area contributed by atoms with Gasteiger partial charge in [0.05, 0.1) is 4.90 Å². The maximum absolute atomic E-state index is 14.0. The zero-order chi connectivity index (χ0) is 13.4. The molecule has 1 aromatic rings. The minimum absolute atomic E-state index is 0.119. The summed E-state index contributed by atoms with van der Waals surface area (Å²) >= 11 is 1.44. The van der Waals surface area contributed by atoms with Crippen LogP contribution in [0.4, 0.5) is 8.78 Å². The zero-order valence-electron chi connectivity index (χ0n) is 11.1. The van der Waals surface area contributed by atoms with Crippen molar-refractivity contribution in [2.75, 3.05) is 0 Å². The predicted octanol–water partition coefficient (Wildman–Crippen LogP) is 4.13. The number of nitrogens with one attached hydrogen (secondary N) is 1. The molecule has 0 spiro atoms. The van der Waals surface area contributed by atoms with Crippen molar-refractivity contribution in [3.63, 3.8) is 0 Å². The summed E-state index contributed by atoms with van der Waals surface area (Å²) in [7, 11) is 0. The van der Waals surface area contributed by atoms with Crippen LogP contribution in [0.5, 0.6) is 0 Å². The maximum Gasteiger partial charge on any atom is 0.137 e. The smallest absolute Gasteiger partial charge is 0.137 e. The van der Waals surface area contributed by atoms with Gasteiger partial charge in [0, 0.05) is 22.9 Å². The minimum Gasteiger partial charge on any atom is -0.307 e. The number of hydrogen-bond donors (Lipinski definition) is 1. The molecule has 0 fully saturated rings. The van der Waals surface area contributed by atoms with Gasteiger partial charge in [-0.2, -0.15) is 0 Å². The Balaban J connectivity index is 2.51. The van der Waals surface area contributed by atoms with E-state index in [-0.39, 0.29) is 34.9 Å². The summed E-state index contributed by atoms with van der Waals surface area (Å²) in [5, 5.41) is 3.63. The van der Waals surface area contributed by atoms with E-state index in [1.54, 1.807) is 0 Å². The Bertz CT molecular complexity index is 448. The second-order valence-corrected chi connectivity index (χ2v) is 6.64. The Labute approximate surface area is 111 Å². The van der Waals surface area contributed by atoms with Crippen molar-refractivity contribution in [1.82, 2.24) is 5.32 Å². The highest BCUT2D eigenvalue weighted by molar-refractivity contribution is 8.00. The van der Waals surface area contributed by atoms with Crippen molar-refractivity contribution in [2.45, 2.75) is 49.9 Å². The summed E-state index contributed by atoms with van der Waals surface area (Å²) in [6, 6.07) is 2.57. The highest BCUT2D eigenvalue weighted by Crippen LogP contribution is 2.46. The van der Waals surface area contributed by atoms with Crippen molar-refractivity contribution >= 4 is 11.8 Å². The second-order valence-electron chi connectivity index (χ2n) is 5.25. The van der Waals surface area contributed by atoms with Crippen LogP contribution in [-0.4, -0.2) is 11.3 Å². The van der Waals surface area contributed by atoms with Crippen LogP contribution in [0.25, 0.3) is 0 Å². The number of halogens is 2. The van der Waals surface area contributed by atoms with Crippen LogP contribution in [0.15, 0.2) is 17.0 Å². The standard InChI is InChI=1S/C14H19F2NS/c1-7(2)17-13-8(3)9(4)18-14-11(16)6-5-10(15)12(13)14/h5-9,13,17H,1-4H3. The lowest BCUT2D eigenvalue weighted by atomic mass is 9.90. The van der Waals surface area contributed by atoms with E-state index >= 15 is 0 Å². The number of benzene rings is 1. The first-order valence-corrected chi connectivity index (χ1v) is 7.20. The van der Waals surface area contributed by atoms with Crippen LogP contribution in [0, 0.1) is 17.6 Å². The van der Waals surface area contributed by atoms with Crippen LogP contribution >= 0.6 is 11.8 Å². The minimum atomic E-state index is -0.314. The number of hydrogen-bond acceptors (Lipinski definition) is 2. The van der Waals surface area contributed by atoms with Gasteiger partial charge in [0.2, 0.25) is 0 Å². The Morgan fingerprint density at radius 3 is 2.39 bits per heavy atom. The van der Waals surface area contributed by atoms with Crippen LogP contribution in [-0.2, 0) is 0 Å². The molecule has 1 aliphatic heterocycles. The summed E-state index contributed by atoms with van der Waals surface area (Å²) < 4.78 is 27.9. The van der Waals surface area contributed by atoms with Gasteiger partial charge in [0.1, 0.15) is 11.6 Å². The molecule has 1 aliphatic rings. The molecule has 4 heteroatoms. The average Bonchev–Trinajstić information content (AvgIpc) is 2.29. The largest absolute Gasteiger partial charge is 0.307 e. The molecule has 0 bridgehead atoms. The molecule has 1 heterocycles. The van der Waals surface area contributed by atoms with Gasteiger partial charge >= 0.3 is 0 Å². The molecule has 0 aromatic heterocycles. The zero-order valence-corrected chi connectivity index (χ0v) is 11.9. The highest BCUT2D eigenvalue weighted by Gasteiger charge is 2.36. The molecule has 0 amide bonds. The third-order valence-electron chi connectivity index (χ3n) is 3.49. The lowest BCUT2D eigenvalue weighted by Gasteiger charge is -2.37. The van der Waals surface area contributed by atoms with E-state index in [1.807, 2.05) is 13.8 Å². The fraction of sp³-hybridized carbons (Fsp3) is 0.571. The van der Waals surface area contributed by atoms with Crippen molar-refractivity contribution in [3.05, 3.63) is 29.3 Å². The molecule has 1 N–H and O–H groups in total. The first-order chi connectivity index (χ1) is 8.41. The summed E-state index contributed by atoms with van der Waals surface area (Å²) in [6.45, 7) is 8.20. The normalized spacial score (nSPS) is 27.4. The van der Waals surface area contributed by atoms with Gasteiger partial charge in [-0.25, -0.2) is 8.78 Å². The monoisotopic (exact) mass is 271 g/mol. The van der Waals surface area contributed by atoms with Crippen molar-refractivity contribution in [1.29, 1.82) is 0 Å². The van der Waals surface area contributed by atoms with Gasteiger partial charge in [-0.05, 0) is 18.1 Å². The third-order valence-corrected chi connectivity index (χ3v) is 4.94. The highest BCUT2D eigenvalue weighted by atomic mass is 32.2. The van der Waals surface area contributed by atoms with Gasteiger partial charge in [0.25, 0.3) is 0 Å². The molecule has 0 aliphatic carbocycles. The van der Waals surface area contributed by atoms with Gasteiger partial charge in [-0.1, -0.05) is 27.7 Å². The van der Waals surface area contributed by atoms with Crippen LogP contribution in [0.3, 0.4) is 0 Å². The molecule has 18 heavy (non-hydrogen) atoms. The van der Waals surface area contributed by atoms with E-state index in [0.29, 0.717) is 10.5 Å². The number of thioether (sulfide) groups is 1. The maximum atomic E-state index is 14.0. The fourth-order valence-corrected chi connectivity index (χ4v) is 3.66. The SMILES string of the molecule is CC(C)NC1c2c(F)ccc(F)c2SC(C)C1C. The van der Waals surface area contributed by atoms with Crippen LogP contribution < -0.4 is 5.32 Å². The molecular formula is C14H19F2NS. The van der Waals surface area contributed by atoms with Gasteiger partial charge in [-0.15, -0.1) is 11.8 Å². The number of fused-ring (bicyclic) bond motifs is 1. The van der Waals surface area contributed by atoms with Crippen molar-refractivity contribution < 1.29 is 8.78 Å². The summed E-state index contributed by atoms with van der Waals surface area (Å²) in [6.07, 6.45) is 0. The van der Waals surface area contributed by atoms with Gasteiger partial charge in [-0.3, -0.25) is 0 Å². The molecule has 1 aromatic carbocycles. The molecule has 3 atom stereocenters. The topological polar surface area (TPSA) is 12.0 Å². The Hall–Kier alpha value is -0.610. The van der Waals surface area contributed by atoms with Gasteiger partial charge < -0.3 is 5.32 Å². The van der Waals surface area contributed by atoms with E-state index in [1.165, 1.54) is 23.9 Å². The lowest BCUT2D eigenvalue weighted by molar-refractivity contribution is 0.333. The molecule has 1 nitrogen and oxygen atoms in total. The molecule has 0 saturated heterocycles. The molecule has 3 unspecified atom stereocenters. The Kier molecular flexibility index (Phi) is 3.97. The summed E-state index contributed by atoms with van der Waals surface area (Å²) in [4.78, 5) is 0.471. The summed E-state index contributed by atoms with van der Waals surface area (Å²) in [5.41, 5.74) is 0.499. The number of rotatable bonds is 2. The predicted molar refractivity (Wildman–Crippen MR) is 71.9 cm³/mol. The van der Waals surface area contributed by atoms with E-state index in [9.17, 15) is 8.78 Å². The van der Waals surface area contributed by atoms with Crippen LogP contribution in [0.1, 0.15) is 39.3 Å². The second kappa shape index (κ2) is 5.17. The Morgan fingerprint density at radius 2 is 1.78 bits per heavy atom. The summed E-state index contributed by atoms with van der Waals surface area (Å²) in [5.74, 6) is -0.359.